The predicted octanol–water partition coefficient (Wildman–Crippen LogP) is 5.75. The smallest absolute Gasteiger partial charge is 0.271 e. The van der Waals surface area contributed by atoms with E-state index in [2.05, 4.69) is 16.0 Å². The summed E-state index contributed by atoms with van der Waals surface area (Å²) < 4.78 is 0. The van der Waals surface area contributed by atoms with Gasteiger partial charge < -0.3 is 16.0 Å². The predicted molar refractivity (Wildman–Crippen MR) is 135 cm³/mol. The minimum absolute atomic E-state index is 0.0625. The van der Waals surface area contributed by atoms with E-state index in [0.29, 0.717) is 10.8 Å². The minimum atomic E-state index is -0.486. The van der Waals surface area contributed by atoms with Crippen molar-refractivity contribution in [1.29, 1.82) is 0 Å². The van der Waals surface area contributed by atoms with Crippen molar-refractivity contribution in [3.05, 3.63) is 88.0 Å². The number of carbonyl (C=O) groups excluding carboxylic acids is 1. The Labute approximate surface area is 195 Å². The maximum absolute atomic E-state index is 12.4. The van der Waals surface area contributed by atoms with E-state index in [1.807, 2.05) is 55.5 Å². The second-order valence-corrected chi connectivity index (χ2v) is 8.52. The van der Waals surface area contributed by atoms with Crippen LogP contribution in [0.2, 0.25) is 0 Å². The average molecular weight is 467 g/mol. The molecule has 0 saturated heterocycles. The van der Waals surface area contributed by atoms with Gasteiger partial charge >= 0.3 is 0 Å². The van der Waals surface area contributed by atoms with Crippen LogP contribution >= 0.6 is 24.0 Å². The first-order valence-corrected chi connectivity index (χ1v) is 11.1. The van der Waals surface area contributed by atoms with E-state index >= 15 is 0 Å². The summed E-state index contributed by atoms with van der Waals surface area (Å²) >= 11 is 6.73. The van der Waals surface area contributed by atoms with Crippen LogP contribution in [0.1, 0.15) is 11.1 Å². The Kier molecular flexibility index (Phi) is 7.80. The number of nitro groups is 1. The molecule has 32 heavy (non-hydrogen) atoms. The zero-order valence-electron chi connectivity index (χ0n) is 17.5. The first-order valence-electron chi connectivity index (χ1n) is 9.72. The van der Waals surface area contributed by atoms with E-state index in [0.717, 1.165) is 21.8 Å². The van der Waals surface area contributed by atoms with Crippen molar-refractivity contribution in [3.8, 4) is 0 Å². The number of anilines is 3. The van der Waals surface area contributed by atoms with Crippen molar-refractivity contribution in [3.63, 3.8) is 0 Å². The summed E-state index contributed by atoms with van der Waals surface area (Å²) in [6, 6.07) is 19.9. The van der Waals surface area contributed by atoms with Gasteiger partial charge in [0.25, 0.3) is 5.69 Å². The zero-order valence-corrected chi connectivity index (χ0v) is 19.2. The van der Waals surface area contributed by atoms with Gasteiger partial charge in [-0.2, -0.15) is 0 Å². The van der Waals surface area contributed by atoms with Crippen molar-refractivity contribution >= 4 is 57.7 Å². The topological polar surface area (TPSA) is 96.3 Å². The van der Waals surface area contributed by atoms with E-state index in [-0.39, 0.29) is 17.3 Å². The first kappa shape index (κ1) is 23.2. The van der Waals surface area contributed by atoms with E-state index < -0.39 is 4.92 Å². The average Bonchev–Trinajstić information content (AvgIpc) is 2.75. The molecule has 0 atom stereocenters. The number of nitrogens with zero attached hydrogens (tertiary/aromatic N) is 1. The molecule has 7 nitrogen and oxygen atoms in total. The Morgan fingerprint density at radius 2 is 1.69 bits per heavy atom. The number of thiocarbonyl (C=S) groups is 1. The van der Waals surface area contributed by atoms with Crippen molar-refractivity contribution in [2.75, 3.05) is 21.7 Å². The molecular weight excluding hydrogens is 444 g/mol. The van der Waals surface area contributed by atoms with Gasteiger partial charge in [0.15, 0.2) is 5.11 Å². The number of hydrogen-bond acceptors (Lipinski definition) is 5. The van der Waals surface area contributed by atoms with Gasteiger partial charge in [-0.15, -0.1) is 11.8 Å². The molecule has 0 saturated carbocycles. The molecule has 0 aliphatic carbocycles. The normalized spacial score (nSPS) is 10.3. The van der Waals surface area contributed by atoms with E-state index in [1.165, 1.54) is 29.5 Å². The fraction of sp³-hybridized carbons (Fsp3) is 0.130. The number of nitrogens with one attached hydrogen (secondary N) is 3. The molecule has 0 bridgehead atoms. The maximum atomic E-state index is 12.4. The van der Waals surface area contributed by atoms with Crippen LogP contribution in [0.4, 0.5) is 22.7 Å². The summed E-state index contributed by atoms with van der Waals surface area (Å²) in [4.78, 5) is 23.7. The minimum Gasteiger partial charge on any atom is -0.332 e. The highest BCUT2D eigenvalue weighted by molar-refractivity contribution is 8.00. The van der Waals surface area contributed by atoms with Gasteiger partial charge in [-0.25, -0.2) is 0 Å². The van der Waals surface area contributed by atoms with E-state index in [9.17, 15) is 14.9 Å². The lowest BCUT2D eigenvalue weighted by Gasteiger charge is -2.12. The Balaban J connectivity index is 1.55. The van der Waals surface area contributed by atoms with Gasteiger partial charge in [0.1, 0.15) is 0 Å². The van der Waals surface area contributed by atoms with Gasteiger partial charge in [0.05, 0.1) is 16.4 Å². The van der Waals surface area contributed by atoms with Crippen molar-refractivity contribution < 1.29 is 9.72 Å². The SMILES string of the molecule is Cc1ccc(NC(=S)Nc2cccc(SCC(=O)Nc3cc([N+](=O)[O-])ccc3C)c2)cc1. The Hall–Kier alpha value is -3.43. The zero-order chi connectivity index (χ0) is 23.1. The van der Waals surface area contributed by atoms with Crippen LogP contribution in [0.15, 0.2) is 71.6 Å². The van der Waals surface area contributed by atoms with Gasteiger partial charge in [-0.1, -0.05) is 29.8 Å². The van der Waals surface area contributed by atoms with Gasteiger partial charge in [-0.3, -0.25) is 14.9 Å². The number of carbonyl (C=O) groups is 1. The molecule has 0 aromatic heterocycles. The van der Waals surface area contributed by atoms with Crippen LogP contribution in [0.5, 0.6) is 0 Å². The summed E-state index contributed by atoms with van der Waals surface area (Å²) in [6.45, 7) is 3.81. The molecule has 3 aromatic carbocycles. The lowest BCUT2D eigenvalue weighted by molar-refractivity contribution is -0.384. The van der Waals surface area contributed by atoms with Crippen LogP contribution in [0.3, 0.4) is 0 Å². The second kappa shape index (κ2) is 10.7. The molecule has 0 aliphatic rings. The van der Waals surface area contributed by atoms with Crippen LogP contribution in [0.25, 0.3) is 0 Å². The molecule has 0 aliphatic heterocycles. The lowest BCUT2D eigenvalue weighted by atomic mass is 10.2. The summed E-state index contributed by atoms with van der Waals surface area (Å²) in [6.07, 6.45) is 0. The molecule has 0 fully saturated rings. The Morgan fingerprint density at radius 3 is 2.41 bits per heavy atom. The number of non-ortho nitro benzene ring substituents is 1. The number of thioether (sulfide) groups is 1. The van der Waals surface area contributed by atoms with E-state index in [4.69, 9.17) is 12.2 Å². The fourth-order valence-electron chi connectivity index (χ4n) is 2.79. The quantitative estimate of drug-likeness (QED) is 0.176. The van der Waals surface area contributed by atoms with Crippen molar-refractivity contribution in [2.24, 2.45) is 0 Å². The third-order valence-electron chi connectivity index (χ3n) is 4.48. The number of hydrogen-bond donors (Lipinski definition) is 3. The van der Waals surface area contributed by atoms with Gasteiger partial charge in [-0.05, 0) is 62.0 Å². The first-order chi connectivity index (χ1) is 15.3. The van der Waals surface area contributed by atoms with Crippen LogP contribution in [0, 0.1) is 24.0 Å². The molecule has 3 aromatic rings. The molecule has 0 spiro atoms. The summed E-state index contributed by atoms with van der Waals surface area (Å²) in [5.41, 5.74) is 4.00. The van der Waals surface area contributed by atoms with Crippen molar-refractivity contribution in [2.45, 2.75) is 18.7 Å². The lowest BCUT2D eigenvalue weighted by Crippen LogP contribution is -2.19. The highest BCUT2D eigenvalue weighted by Gasteiger charge is 2.11. The number of nitro benzene ring substituents is 1. The Morgan fingerprint density at radius 1 is 0.969 bits per heavy atom. The molecule has 1 amide bonds. The van der Waals surface area contributed by atoms with Gasteiger partial charge in [0, 0.05) is 28.4 Å². The van der Waals surface area contributed by atoms with Crippen molar-refractivity contribution in [1.82, 2.24) is 0 Å². The third kappa shape index (κ3) is 6.79. The third-order valence-corrected chi connectivity index (χ3v) is 5.68. The van der Waals surface area contributed by atoms with Crippen LogP contribution in [-0.4, -0.2) is 21.7 Å². The molecule has 0 unspecified atom stereocenters. The van der Waals surface area contributed by atoms with Crippen LogP contribution < -0.4 is 16.0 Å². The standard InChI is InChI=1S/C23H22N4O3S2/c1-15-6-9-17(10-7-15)24-23(31)25-18-4-3-5-20(12-18)32-14-22(28)26-21-13-19(27(29)30)11-8-16(21)2/h3-13H,14H2,1-2H3,(H,26,28)(H2,24,25,31). The second-order valence-electron chi connectivity index (χ2n) is 7.07. The molecule has 164 valence electrons. The number of rotatable bonds is 7. The number of amides is 1. The number of benzene rings is 3. The molecule has 0 radical (unpaired) electrons. The summed E-state index contributed by atoms with van der Waals surface area (Å²) in [7, 11) is 0. The molecule has 0 heterocycles. The highest BCUT2D eigenvalue weighted by atomic mass is 32.2. The maximum Gasteiger partial charge on any atom is 0.271 e. The summed E-state index contributed by atoms with van der Waals surface area (Å²) in [5, 5.41) is 20.4. The van der Waals surface area contributed by atoms with Crippen LogP contribution in [-0.2, 0) is 4.79 Å². The molecule has 9 heteroatoms. The Bertz CT molecular complexity index is 1150. The van der Waals surface area contributed by atoms with Gasteiger partial charge in [0.2, 0.25) is 5.91 Å². The highest BCUT2D eigenvalue weighted by Crippen LogP contribution is 2.24. The molecule has 3 rings (SSSR count). The summed E-state index contributed by atoms with van der Waals surface area (Å²) in [5.74, 6) is -0.0778. The van der Waals surface area contributed by atoms with E-state index in [1.54, 1.807) is 13.0 Å². The molecule has 3 N–H and O–H groups in total. The molecular formula is C23H22N4O3S2. The number of aryl methyl sites for hydroxylation is 2. The monoisotopic (exact) mass is 466 g/mol. The fourth-order valence-corrected chi connectivity index (χ4v) is 3.78. The largest absolute Gasteiger partial charge is 0.332 e.